The van der Waals surface area contributed by atoms with Gasteiger partial charge in [0.1, 0.15) is 5.65 Å². The molecule has 2 rings (SSSR count). The van der Waals surface area contributed by atoms with Gasteiger partial charge in [-0.05, 0) is 12.1 Å². The number of carboxylic acid groups (broad SMARTS) is 1. The van der Waals surface area contributed by atoms with Crippen molar-refractivity contribution in [1.29, 1.82) is 0 Å². The maximum Gasteiger partial charge on any atom is 0.511 e. The predicted octanol–water partition coefficient (Wildman–Crippen LogP) is 1.63. The second kappa shape index (κ2) is 3.02. The third kappa shape index (κ3) is 1.28. The molecule has 0 aliphatic heterocycles. The van der Waals surface area contributed by atoms with Crippen LogP contribution in [0.2, 0.25) is 0 Å². The smallest absolute Gasteiger partial charge is 0.449 e. The second-order valence-corrected chi connectivity index (χ2v) is 2.85. The van der Waals surface area contributed by atoms with E-state index in [0.29, 0.717) is 16.8 Å². The highest BCUT2D eigenvalue weighted by molar-refractivity contribution is 5.85. The van der Waals surface area contributed by atoms with Crippen LogP contribution in [-0.4, -0.2) is 20.8 Å². The molecule has 5 heteroatoms. The van der Waals surface area contributed by atoms with Crippen molar-refractivity contribution in [2.75, 3.05) is 0 Å². The molecule has 0 spiro atoms. The first-order valence-electron chi connectivity index (χ1n) is 3.99. The van der Waals surface area contributed by atoms with Crippen molar-refractivity contribution < 1.29 is 14.6 Å². The normalized spacial score (nSPS) is 10.4. The number of pyridine rings is 1. The third-order valence-electron chi connectivity index (χ3n) is 1.89. The van der Waals surface area contributed by atoms with Crippen molar-refractivity contribution >= 4 is 17.2 Å². The molecule has 2 heterocycles. The number of nitrogens with zero attached hydrogens (tertiary/aromatic N) is 2. The Morgan fingerprint density at radius 2 is 2.43 bits per heavy atom. The number of carbonyl (C=O) groups is 1. The summed E-state index contributed by atoms with van der Waals surface area (Å²) in [5.41, 5.74) is 0.698. The Morgan fingerprint density at radius 3 is 3.14 bits per heavy atom. The molecule has 0 bridgehead atoms. The summed E-state index contributed by atoms with van der Waals surface area (Å²) in [7, 11) is 1.78. The van der Waals surface area contributed by atoms with E-state index in [-0.39, 0.29) is 0 Å². The molecule has 0 amide bonds. The van der Waals surface area contributed by atoms with Gasteiger partial charge in [0, 0.05) is 19.4 Å². The molecule has 0 aromatic carbocycles. The molecule has 2 aromatic rings. The number of aryl methyl sites for hydroxylation is 1. The van der Waals surface area contributed by atoms with Crippen LogP contribution in [-0.2, 0) is 7.05 Å². The molecule has 0 atom stereocenters. The number of ether oxygens (including phenoxy) is 1. The Balaban J connectivity index is 2.60. The Morgan fingerprint density at radius 1 is 1.64 bits per heavy atom. The molecule has 0 saturated heterocycles. The van der Waals surface area contributed by atoms with E-state index in [4.69, 9.17) is 5.11 Å². The summed E-state index contributed by atoms with van der Waals surface area (Å²) < 4.78 is 6.32. The Bertz CT molecular complexity index is 490. The van der Waals surface area contributed by atoms with Gasteiger partial charge in [0.05, 0.1) is 5.39 Å². The van der Waals surface area contributed by atoms with Gasteiger partial charge in [0.15, 0.2) is 5.75 Å². The highest BCUT2D eigenvalue weighted by Gasteiger charge is 2.10. The van der Waals surface area contributed by atoms with Gasteiger partial charge in [-0.15, -0.1) is 0 Å². The summed E-state index contributed by atoms with van der Waals surface area (Å²) in [5.74, 6) is 0.308. The maximum absolute atomic E-state index is 10.4. The zero-order valence-electron chi connectivity index (χ0n) is 7.47. The van der Waals surface area contributed by atoms with Crippen molar-refractivity contribution in [2.24, 2.45) is 7.05 Å². The van der Waals surface area contributed by atoms with Gasteiger partial charge < -0.3 is 14.4 Å². The lowest BCUT2D eigenvalue weighted by Gasteiger charge is -1.94. The summed E-state index contributed by atoms with van der Waals surface area (Å²) in [6.07, 6.45) is 1.92. The van der Waals surface area contributed by atoms with Gasteiger partial charge in [-0.3, -0.25) is 0 Å². The van der Waals surface area contributed by atoms with Crippen molar-refractivity contribution in [1.82, 2.24) is 9.55 Å². The molecule has 0 radical (unpaired) electrons. The van der Waals surface area contributed by atoms with E-state index in [1.807, 2.05) is 0 Å². The lowest BCUT2D eigenvalue weighted by atomic mass is 10.3. The number of hydrogen-bond acceptors (Lipinski definition) is 3. The number of aromatic nitrogens is 2. The highest BCUT2D eigenvalue weighted by atomic mass is 16.7. The maximum atomic E-state index is 10.4. The molecule has 14 heavy (non-hydrogen) atoms. The van der Waals surface area contributed by atoms with Gasteiger partial charge >= 0.3 is 6.16 Å². The van der Waals surface area contributed by atoms with Crippen molar-refractivity contribution in [2.45, 2.75) is 0 Å². The molecule has 0 saturated carbocycles. The molecule has 0 aliphatic carbocycles. The fraction of sp³-hybridized carbons (Fsp3) is 0.111. The molecule has 72 valence electrons. The largest absolute Gasteiger partial charge is 0.511 e. The minimum absolute atomic E-state index is 0.308. The zero-order chi connectivity index (χ0) is 10.1. The zero-order valence-corrected chi connectivity index (χ0v) is 7.47. The van der Waals surface area contributed by atoms with E-state index in [1.54, 1.807) is 36.1 Å². The van der Waals surface area contributed by atoms with E-state index in [0.717, 1.165) is 0 Å². The van der Waals surface area contributed by atoms with E-state index < -0.39 is 6.16 Å². The van der Waals surface area contributed by atoms with Crippen molar-refractivity contribution in [3.63, 3.8) is 0 Å². The molecule has 0 fully saturated rings. The summed E-state index contributed by atoms with van der Waals surface area (Å²) in [6.45, 7) is 0. The van der Waals surface area contributed by atoms with Gasteiger partial charge in [0.2, 0.25) is 0 Å². The summed E-state index contributed by atoms with van der Waals surface area (Å²) in [6, 6.07) is 3.50. The average molecular weight is 192 g/mol. The van der Waals surface area contributed by atoms with Crippen LogP contribution in [0.3, 0.4) is 0 Å². The highest BCUT2D eigenvalue weighted by Crippen LogP contribution is 2.25. The van der Waals surface area contributed by atoms with Crippen LogP contribution >= 0.6 is 0 Å². The van der Waals surface area contributed by atoms with E-state index in [9.17, 15) is 4.79 Å². The molecule has 2 aromatic heterocycles. The first-order valence-corrected chi connectivity index (χ1v) is 3.99. The van der Waals surface area contributed by atoms with Gasteiger partial charge in [-0.25, -0.2) is 9.78 Å². The van der Waals surface area contributed by atoms with Crippen LogP contribution in [0.25, 0.3) is 11.0 Å². The summed E-state index contributed by atoms with van der Waals surface area (Å²) >= 11 is 0. The fourth-order valence-corrected chi connectivity index (χ4v) is 1.35. The van der Waals surface area contributed by atoms with Crippen LogP contribution in [0, 0.1) is 0 Å². The fourth-order valence-electron chi connectivity index (χ4n) is 1.35. The van der Waals surface area contributed by atoms with Crippen molar-refractivity contribution in [3.05, 3.63) is 24.5 Å². The van der Waals surface area contributed by atoms with Crippen LogP contribution < -0.4 is 4.74 Å². The van der Waals surface area contributed by atoms with Crippen LogP contribution in [0.1, 0.15) is 0 Å². The Kier molecular flexibility index (Phi) is 1.85. The number of rotatable bonds is 1. The second-order valence-electron chi connectivity index (χ2n) is 2.85. The van der Waals surface area contributed by atoms with E-state index in [1.165, 1.54) is 0 Å². The number of hydrogen-bond donors (Lipinski definition) is 1. The molecular weight excluding hydrogens is 184 g/mol. The minimum atomic E-state index is -1.32. The topological polar surface area (TPSA) is 64.3 Å². The van der Waals surface area contributed by atoms with E-state index >= 15 is 0 Å². The van der Waals surface area contributed by atoms with Crippen LogP contribution in [0.4, 0.5) is 4.79 Å². The molecule has 1 N–H and O–H groups in total. The molecule has 0 aliphatic rings. The lowest BCUT2D eigenvalue weighted by molar-refractivity contribution is 0.145. The third-order valence-corrected chi connectivity index (χ3v) is 1.89. The van der Waals surface area contributed by atoms with Gasteiger partial charge in [-0.2, -0.15) is 0 Å². The molecule has 5 nitrogen and oxygen atoms in total. The monoisotopic (exact) mass is 192 g/mol. The van der Waals surface area contributed by atoms with E-state index in [2.05, 4.69) is 9.72 Å². The average Bonchev–Trinajstić information content (AvgIpc) is 2.44. The molecule has 0 unspecified atom stereocenters. The van der Waals surface area contributed by atoms with Crippen molar-refractivity contribution in [3.8, 4) is 5.75 Å². The predicted molar refractivity (Wildman–Crippen MR) is 49.4 cm³/mol. The first kappa shape index (κ1) is 8.55. The first-order chi connectivity index (χ1) is 6.68. The Hall–Kier alpha value is -2.04. The van der Waals surface area contributed by atoms with Crippen LogP contribution in [0.15, 0.2) is 24.5 Å². The Labute approximate surface area is 79.6 Å². The SMILES string of the molecule is Cn1cc(OC(=O)O)c2cccnc21. The van der Waals surface area contributed by atoms with Gasteiger partial charge in [0.25, 0.3) is 0 Å². The standard InChI is InChI=1S/C9H8N2O3/c1-11-5-7(14-9(12)13)6-3-2-4-10-8(6)11/h2-5H,1H3,(H,12,13). The molecular formula is C9H8N2O3. The minimum Gasteiger partial charge on any atom is -0.449 e. The van der Waals surface area contributed by atoms with Gasteiger partial charge in [-0.1, -0.05) is 0 Å². The quantitative estimate of drug-likeness (QED) is 0.697. The summed E-state index contributed by atoms with van der Waals surface area (Å²) in [5, 5.41) is 9.18. The van der Waals surface area contributed by atoms with Crippen LogP contribution in [0.5, 0.6) is 5.75 Å². The number of fused-ring (bicyclic) bond motifs is 1. The summed E-state index contributed by atoms with van der Waals surface area (Å²) in [4.78, 5) is 14.5. The lowest BCUT2D eigenvalue weighted by Crippen LogP contribution is -2.02.